The van der Waals surface area contributed by atoms with Gasteiger partial charge in [0, 0.05) is 25.7 Å². The second-order valence-electron chi connectivity index (χ2n) is 6.41. The second-order valence-corrected chi connectivity index (χ2v) is 6.41. The van der Waals surface area contributed by atoms with E-state index in [9.17, 15) is 9.18 Å². The van der Waals surface area contributed by atoms with Crippen molar-refractivity contribution in [1.29, 1.82) is 0 Å². The molecule has 0 atom stereocenters. The Morgan fingerprint density at radius 1 is 1.43 bits per heavy atom. The van der Waals surface area contributed by atoms with Crippen molar-refractivity contribution in [2.45, 2.75) is 44.8 Å². The number of hydrogen-bond donors (Lipinski definition) is 2. The topological polar surface area (TPSA) is 44.4 Å². The second kappa shape index (κ2) is 5.30. The molecule has 4 nitrogen and oxygen atoms in total. The number of hydrogen-bond acceptors (Lipinski definition) is 3. The minimum absolute atomic E-state index is 0.0624. The molecule has 0 unspecified atom stereocenters. The van der Waals surface area contributed by atoms with E-state index in [1.54, 1.807) is 12.1 Å². The van der Waals surface area contributed by atoms with Crippen molar-refractivity contribution in [2.24, 2.45) is 0 Å². The Morgan fingerprint density at radius 2 is 2.19 bits per heavy atom. The Balaban J connectivity index is 1.79. The number of halogens is 1. The molecular formula is C16H22FN3O. The Bertz CT molecular complexity index is 554. The quantitative estimate of drug-likeness (QED) is 0.889. The van der Waals surface area contributed by atoms with Crippen molar-refractivity contribution in [1.82, 2.24) is 10.6 Å². The van der Waals surface area contributed by atoms with Crippen LogP contribution in [-0.4, -0.2) is 30.6 Å². The molecule has 1 amide bonds. The number of amides is 1. The first-order chi connectivity index (χ1) is 9.98. The first-order valence-corrected chi connectivity index (χ1v) is 7.56. The summed E-state index contributed by atoms with van der Waals surface area (Å²) < 4.78 is 14.4. The molecule has 1 aromatic rings. The van der Waals surface area contributed by atoms with Gasteiger partial charge in [-0.15, -0.1) is 0 Å². The van der Waals surface area contributed by atoms with Crippen LogP contribution in [0.5, 0.6) is 0 Å². The normalized spacial score (nSPS) is 21.3. The molecule has 114 valence electrons. The summed E-state index contributed by atoms with van der Waals surface area (Å²) in [5, 5.41) is 6.21. The highest BCUT2D eigenvalue weighted by Gasteiger charge is 2.38. The molecule has 0 bridgehead atoms. The molecule has 2 fully saturated rings. The van der Waals surface area contributed by atoms with E-state index >= 15 is 0 Å². The van der Waals surface area contributed by atoms with Crippen molar-refractivity contribution in [3.8, 4) is 0 Å². The Morgan fingerprint density at radius 3 is 2.86 bits per heavy atom. The number of anilines is 1. The molecule has 1 saturated heterocycles. The van der Waals surface area contributed by atoms with E-state index in [0.717, 1.165) is 5.56 Å². The van der Waals surface area contributed by atoms with Gasteiger partial charge in [-0.05, 0) is 44.4 Å². The maximum Gasteiger partial charge on any atom is 0.245 e. The van der Waals surface area contributed by atoms with E-state index in [0.29, 0.717) is 31.4 Å². The number of nitrogens with zero attached hydrogens (tertiary/aromatic N) is 1. The molecule has 0 spiro atoms. The molecule has 2 N–H and O–H groups in total. The third-order valence-electron chi connectivity index (χ3n) is 4.33. The smallest absolute Gasteiger partial charge is 0.245 e. The van der Waals surface area contributed by atoms with E-state index in [4.69, 9.17) is 0 Å². The van der Waals surface area contributed by atoms with Crippen LogP contribution in [0.25, 0.3) is 0 Å². The Kier molecular flexibility index (Phi) is 3.61. The largest absolute Gasteiger partial charge is 0.353 e. The lowest BCUT2D eigenvalue weighted by Crippen LogP contribution is -2.62. The molecule has 2 aliphatic rings. The van der Waals surface area contributed by atoms with Crippen molar-refractivity contribution >= 4 is 11.6 Å². The first-order valence-electron chi connectivity index (χ1n) is 7.56. The molecule has 1 saturated carbocycles. The molecule has 1 heterocycles. The average Bonchev–Trinajstić information content (AvgIpc) is 3.25. The molecule has 21 heavy (non-hydrogen) atoms. The van der Waals surface area contributed by atoms with E-state index in [1.165, 1.54) is 12.8 Å². The highest BCUT2D eigenvalue weighted by Crippen LogP contribution is 2.29. The number of piperazine rings is 1. The molecule has 1 aliphatic heterocycles. The third kappa shape index (κ3) is 2.88. The standard InChI is InChI=1S/C16H22FN3O/c1-16(2)15(21)18-7-8-20(16)14-6-3-11(9-13(14)17)10-19-12-4-5-12/h3,6,9,12,19H,4-5,7-8,10H2,1-2H3,(H,18,21). The summed E-state index contributed by atoms with van der Waals surface area (Å²) in [6.45, 7) is 5.51. The third-order valence-corrected chi connectivity index (χ3v) is 4.33. The zero-order valence-corrected chi connectivity index (χ0v) is 12.6. The summed E-state index contributed by atoms with van der Waals surface area (Å²) >= 11 is 0. The van der Waals surface area contributed by atoms with Crippen LogP contribution in [0.15, 0.2) is 18.2 Å². The molecule has 0 aromatic heterocycles. The molecule has 5 heteroatoms. The van der Waals surface area contributed by atoms with Gasteiger partial charge in [-0.2, -0.15) is 0 Å². The predicted molar refractivity (Wildman–Crippen MR) is 80.7 cm³/mol. The maximum absolute atomic E-state index is 14.4. The maximum atomic E-state index is 14.4. The van der Waals surface area contributed by atoms with Crippen LogP contribution in [0.4, 0.5) is 10.1 Å². The van der Waals surface area contributed by atoms with Gasteiger partial charge in [0.25, 0.3) is 0 Å². The summed E-state index contributed by atoms with van der Waals surface area (Å²) in [6.07, 6.45) is 2.44. The van der Waals surface area contributed by atoms with Crippen molar-refractivity contribution in [2.75, 3.05) is 18.0 Å². The van der Waals surface area contributed by atoms with Gasteiger partial charge in [0.1, 0.15) is 11.4 Å². The van der Waals surface area contributed by atoms with Crippen LogP contribution in [-0.2, 0) is 11.3 Å². The average molecular weight is 291 g/mol. The Labute approximate surface area is 124 Å². The molecular weight excluding hydrogens is 269 g/mol. The van der Waals surface area contributed by atoms with Crippen LogP contribution in [0.3, 0.4) is 0 Å². The summed E-state index contributed by atoms with van der Waals surface area (Å²) in [6, 6.07) is 5.92. The minimum Gasteiger partial charge on any atom is -0.353 e. The number of carbonyl (C=O) groups is 1. The fraction of sp³-hybridized carbons (Fsp3) is 0.562. The fourth-order valence-electron chi connectivity index (χ4n) is 2.75. The Hall–Kier alpha value is -1.62. The van der Waals surface area contributed by atoms with E-state index in [-0.39, 0.29) is 11.7 Å². The highest BCUT2D eigenvalue weighted by molar-refractivity contribution is 5.90. The fourth-order valence-corrected chi connectivity index (χ4v) is 2.75. The zero-order chi connectivity index (χ0) is 15.0. The SMILES string of the molecule is CC1(C)C(=O)NCCN1c1ccc(CNC2CC2)cc1F. The monoisotopic (exact) mass is 291 g/mol. The van der Waals surface area contributed by atoms with Crippen LogP contribution in [0, 0.1) is 5.82 Å². The zero-order valence-electron chi connectivity index (χ0n) is 12.6. The van der Waals surface area contributed by atoms with Crippen LogP contribution >= 0.6 is 0 Å². The highest BCUT2D eigenvalue weighted by atomic mass is 19.1. The summed E-state index contributed by atoms with van der Waals surface area (Å²) in [4.78, 5) is 13.8. The van der Waals surface area contributed by atoms with E-state index in [1.807, 2.05) is 24.8 Å². The van der Waals surface area contributed by atoms with Crippen molar-refractivity contribution in [3.05, 3.63) is 29.6 Å². The van der Waals surface area contributed by atoms with Gasteiger partial charge in [0.15, 0.2) is 0 Å². The lowest BCUT2D eigenvalue weighted by Gasteiger charge is -2.43. The summed E-state index contributed by atoms with van der Waals surface area (Å²) in [5.41, 5.74) is 0.722. The van der Waals surface area contributed by atoms with E-state index < -0.39 is 5.54 Å². The van der Waals surface area contributed by atoms with Crippen molar-refractivity contribution in [3.63, 3.8) is 0 Å². The van der Waals surface area contributed by atoms with Crippen LogP contribution < -0.4 is 15.5 Å². The minimum atomic E-state index is -0.729. The molecule has 1 aromatic carbocycles. The van der Waals surface area contributed by atoms with Crippen molar-refractivity contribution < 1.29 is 9.18 Å². The summed E-state index contributed by atoms with van der Waals surface area (Å²) in [7, 11) is 0. The van der Waals surface area contributed by atoms with Crippen LogP contribution in [0.2, 0.25) is 0 Å². The summed E-state index contributed by atoms with van der Waals surface area (Å²) in [5.74, 6) is -0.319. The van der Waals surface area contributed by atoms with Crippen LogP contribution in [0.1, 0.15) is 32.3 Å². The van der Waals surface area contributed by atoms with Gasteiger partial charge < -0.3 is 15.5 Å². The van der Waals surface area contributed by atoms with Gasteiger partial charge in [-0.1, -0.05) is 6.07 Å². The number of benzene rings is 1. The van der Waals surface area contributed by atoms with Gasteiger partial charge in [0.2, 0.25) is 5.91 Å². The van der Waals surface area contributed by atoms with Gasteiger partial charge in [-0.3, -0.25) is 4.79 Å². The van der Waals surface area contributed by atoms with Gasteiger partial charge in [-0.25, -0.2) is 4.39 Å². The first kappa shape index (κ1) is 14.3. The lowest BCUT2D eigenvalue weighted by molar-refractivity contribution is -0.126. The number of carbonyl (C=O) groups excluding carboxylic acids is 1. The van der Waals surface area contributed by atoms with E-state index in [2.05, 4.69) is 10.6 Å². The molecule has 0 radical (unpaired) electrons. The molecule has 1 aliphatic carbocycles. The number of rotatable bonds is 4. The molecule has 3 rings (SSSR count). The lowest BCUT2D eigenvalue weighted by atomic mass is 9.97. The predicted octanol–water partition coefficient (Wildman–Crippen LogP) is 1.79. The van der Waals surface area contributed by atoms with Gasteiger partial charge >= 0.3 is 0 Å². The number of nitrogens with one attached hydrogen (secondary N) is 2. The van der Waals surface area contributed by atoms with Gasteiger partial charge in [0.05, 0.1) is 5.69 Å².